The van der Waals surface area contributed by atoms with Crippen molar-refractivity contribution < 1.29 is 13.6 Å². The van der Waals surface area contributed by atoms with E-state index in [1.54, 1.807) is 0 Å². The van der Waals surface area contributed by atoms with Crippen molar-refractivity contribution in [1.29, 1.82) is 0 Å². The van der Waals surface area contributed by atoms with Gasteiger partial charge in [-0.15, -0.1) is 0 Å². The molecule has 2 nitrogen and oxygen atoms in total. The summed E-state index contributed by atoms with van der Waals surface area (Å²) in [5.41, 5.74) is 7.88. The van der Waals surface area contributed by atoms with Crippen LogP contribution in [-0.2, 0) is 24.2 Å². The van der Waals surface area contributed by atoms with E-state index in [9.17, 15) is 13.6 Å². The number of carbonyl (C=O) groups excluding carboxylic acids is 1. The molecule has 2 aromatic carbocycles. The van der Waals surface area contributed by atoms with E-state index >= 15 is 0 Å². The first-order valence-electron chi connectivity index (χ1n) is 6.32. The van der Waals surface area contributed by atoms with Gasteiger partial charge in [-0.05, 0) is 28.8 Å². The molecule has 104 valence electrons. The van der Waals surface area contributed by atoms with Gasteiger partial charge in [0, 0.05) is 19.4 Å². The monoisotopic (exact) mass is 275 g/mol. The van der Waals surface area contributed by atoms with E-state index in [4.69, 9.17) is 5.73 Å². The van der Waals surface area contributed by atoms with Gasteiger partial charge in [0.1, 0.15) is 5.78 Å². The smallest absolute Gasteiger partial charge is 0.159 e. The zero-order valence-electron chi connectivity index (χ0n) is 10.9. The van der Waals surface area contributed by atoms with Crippen LogP contribution >= 0.6 is 0 Å². The highest BCUT2D eigenvalue weighted by Gasteiger charge is 2.10. The first-order chi connectivity index (χ1) is 9.60. The molecule has 0 aliphatic rings. The molecule has 0 radical (unpaired) electrons. The molecule has 20 heavy (non-hydrogen) atoms. The quantitative estimate of drug-likeness (QED) is 0.911. The van der Waals surface area contributed by atoms with Gasteiger partial charge in [0.15, 0.2) is 11.6 Å². The van der Waals surface area contributed by atoms with Gasteiger partial charge in [0.05, 0.1) is 0 Å². The maximum absolute atomic E-state index is 13.1. The standard InChI is InChI=1S/C16H15F2NO/c17-15-6-5-11(8-16(15)18)7-14(20)9-12-3-1-2-4-13(12)10-19/h1-6,8H,7,9-10,19H2. The van der Waals surface area contributed by atoms with Gasteiger partial charge in [0.2, 0.25) is 0 Å². The molecule has 0 spiro atoms. The fourth-order valence-corrected chi connectivity index (χ4v) is 2.08. The molecule has 0 amide bonds. The molecule has 2 N–H and O–H groups in total. The molecule has 0 unspecified atom stereocenters. The molecule has 0 aliphatic carbocycles. The number of Topliss-reactive ketones (excluding diaryl/α,β-unsaturated/α-hetero) is 1. The highest BCUT2D eigenvalue weighted by molar-refractivity contribution is 5.83. The summed E-state index contributed by atoms with van der Waals surface area (Å²) >= 11 is 0. The van der Waals surface area contributed by atoms with Gasteiger partial charge in [0.25, 0.3) is 0 Å². The van der Waals surface area contributed by atoms with Gasteiger partial charge < -0.3 is 5.73 Å². The highest BCUT2D eigenvalue weighted by atomic mass is 19.2. The van der Waals surface area contributed by atoms with Crippen molar-refractivity contribution in [3.8, 4) is 0 Å². The zero-order chi connectivity index (χ0) is 14.5. The third kappa shape index (κ3) is 3.48. The molecule has 0 atom stereocenters. The Balaban J connectivity index is 2.07. The van der Waals surface area contributed by atoms with Crippen molar-refractivity contribution in [3.05, 3.63) is 70.8 Å². The fourth-order valence-electron chi connectivity index (χ4n) is 2.08. The summed E-state index contributed by atoms with van der Waals surface area (Å²) in [7, 11) is 0. The lowest BCUT2D eigenvalue weighted by molar-refractivity contribution is -0.117. The van der Waals surface area contributed by atoms with Gasteiger partial charge >= 0.3 is 0 Å². The Hall–Kier alpha value is -2.07. The second kappa shape index (κ2) is 6.39. The van der Waals surface area contributed by atoms with Gasteiger partial charge in [-0.2, -0.15) is 0 Å². The van der Waals surface area contributed by atoms with Crippen molar-refractivity contribution >= 4 is 5.78 Å². The van der Waals surface area contributed by atoms with E-state index in [1.807, 2.05) is 24.3 Å². The summed E-state index contributed by atoms with van der Waals surface area (Å²) in [6, 6.07) is 11.0. The lowest BCUT2D eigenvalue weighted by atomic mass is 9.99. The van der Waals surface area contributed by atoms with Crippen LogP contribution in [0.1, 0.15) is 16.7 Å². The second-order valence-corrected chi connectivity index (χ2v) is 4.61. The summed E-state index contributed by atoms with van der Waals surface area (Å²) in [5.74, 6) is -1.90. The number of benzene rings is 2. The Labute approximate surface area is 116 Å². The van der Waals surface area contributed by atoms with E-state index < -0.39 is 11.6 Å². The van der Waals surface area contributed by atoms with Crippen LogP contribution < -0.4 is 5.73 Å². The summed E-state index contributed by atoms with van der Waals surface area (Å²) in [6.07, 6.45) is 0.322. The van der Waals surface area contributed by atoms with Crippen molar-refractivity contribution in [2.75, 3.05) is 0 Å². The summed E-state index contributed by atoms with van der Waals surface area (Å²) in [5, 5.41) is 0. The summed E-state index contributed by atoms with van der Waals surface area (Å²) in [4.78, 5) is 12.0. The van der Waals surface area contributed by atoms with Crippen LogP contribution in [0.3, 0.4) is 0 Å². The van der Waals surface area contributed by atoms with Crippen LogP contribution in [0.15, 0.2) is 42.5 Å². The zero-order valence-corrected chi connectivity index (χ0v) is 10.9. The summed E-state index contributed by atoms with van der Waals surface area (Å²) < 4.78 is 25.9. The topological polar surface area (TPSA) is 43.1 Å². The number of hydrogen-bond donors (Lipinski definition) is 1. The van der Waals surface area contributed by atoms with Crippen LogP contribution in [0.4, 0.5) is 8.78 Å². The number of rotatable bonds is 5. The number of hydrogen-bond acceptors (Lipinski definition) is 2. The molecule has 0 heterocycles. The lowest BCUT2D eigenvalue weighted by Gasteiger charge is -2.07. The van der Waals surface area contributed by atoms with E-state index in [0.29, 0.717) is 12.1 Å². The van der Waals surface area contributed by atoms with Crippen molar-refractivity contribution in [3.63, 3.8) is 0 Å². The molecule has 0 fully saturated rings. The first-order valence-corrected chi connectivity index (χ1v) is 6.32. The van der Waals surface area contributed by atoms with Crippen LogP contribution in [0.2, 0.25) is 0 Å². The van der Waals surface area contributed by atoms with Crippen molar-refractivity contribution in [2.24, 2.45) is 5.73 Å². The minimum Gasteiger partial charge on any atom is -0.326 e. The molecule has 4 heteroatoms. The van der Waals surface area contributed by atoms with Gasteiger partial charge in [-0.1, -0.05) is 30.3 Å². The molecule has 0 saturated carbocycles. The largest absolute Gasteiger partial charge is 0.326 e. The third-order valence-corrected chi connectivity index (χ3v) is 3.11. The summed E-state index contributed by atoms with van der Waals surface area (Å²) in [6.45, 7) is 0.370. The molecule has 0 aliphatic heterocycles. The normalized spacial score (nSPS) is 10.6. The molecule has 2 rings (SSSR count). The predicted molar refractivity (Wildman–Crippen MR) is 73.1 cm³/mol. The van der Waals surface area contributed by atoms with Crippen molar-refractivity contribution in [2.45, 2.75) is 19.4 Å². The Morgan fingerprint density at radius 1 is 0.950 bits per heavy atom. The van der Waals surface area contributed by atoms with Crippen LogP contribution in [0.5, 0.6) is 0 Å². The maximum atomic E-state index is 13.1. The molecular formula is C16H15F2NO. The number of ketones is 1. The Kier molecular flexibility index (Phi) is 4.58. The SMILES string of the molecule is NCc1ccccc1CC(=O)Cc1ccc(F)c(F)c1. The van der Waals surface area contributed by atoms with E-state index in [2.05, 4.69) is 0 Å². The van der Waals surface area contributed by atoms with E-state index in [0.717, 1.165) is 23.3 Å². The Bertz CT molecular complexity index is 626. The molecule has 2 aromatic rings. The van der Waals surface area contributed by atoms with E-state index in [-0.39, 0.29) is 18.6 Å². The van der Waals surface area contributed by atoms with Crippen LogP contribution in [0, 0.1) is 11.6 Å². The molecule has 0 saturated heterocycles. The molecule has 0 bridgehead atoms. The first kappa shape index (κ1) is 14.3. The number of carbonyl (C=O) groups is 1. The van der Waals surface area contributed by atoms with Crippen LogP contribution in [0.25, 0.3) is 0 Å². The number of nitrogens with two attached hydrogens (primary N) is 1. The maximum Gasteiger partial charge on any atom is 0.159 e. The number of halogens is 2. The van der Waals surface area contributed by atoms with Crippen LogP contribution in [-0.4, -0.2) is 5.78 Å². The average molecular weight is 275 g/mol. The predicted octanol–water partition coefficient (Wildman–Crippen LogP) is 2.78. The minimum atomic E-state index is -0.933. The highest BCUT2D eigenvalue weighted by Crippen LogP contribution is 2.13. The minimum absolute atomic E-state index is 0.0584. The molecule has 0 aromatic heterocycles. The van der Waals surface area contributed by atoms with E-state index in [1.165, 1.54) is 6.07 Å². The third-order valence-electron chi connectivity index (χ3n) is 3.11. The van der Waals surface area contributed by atoms with Gasteiger partial charge in [-0.25, -0.2) is 8.78 Å². The molecular weight excluding hydrogens is 260 g/mol. The van der Waals surface area contributed by atoms with Crippen molar-refractivity contribution in [1.82, 2.24) is 0 Å². The Morgan fingerprint density at radius 2 is 1.65 bits per heavy atom. The van der Waals surface area contributed by atoms with Gasteiger partial charge in [-0.3, -0.25) is 4.79 Å². The average Bonchev–Trinajstić information content (AvgIpc) is 2.43. The fraction of sp³-hybridized carbons (Fsp3) is 0.188. The lowest BCUT2D eigenvalue weighted by Crippen LogP contribution is -2.10. The second-order valence-electron chi connectivity index (χ2n) is 4.61. The Morgan fingerprint density at radius 3 is 2.30 bits per heavy atom.